The summed E-state index contributed by atoms with van der Waals surface area (Å²) in [7, 11) is 4.37. The predicted octanol–water partition coefficient (Wildman–Crippen LogP) is 2.05. The molecule has 3 heteroatoms. The van der Waals surface area contributed by atoms with Gasteiger partial charge in [0, 0.05) is 31.5 Å². The van der Waals surface area contributed by atoms with Gasteiger partial charge >= 0.3 is 0 Å². The summed E-state index contributed by atoms with van der Waals surface area (Å²) in [5, 5.41) is 0. The van der Waals surface area contributed by atoms with Gasteiger partial charge < -0.3 is 15.5 Å². The van der Waals surface area contributed by atoms with E-state index in [4.69, 9.17) is 5.73 Å². The second kappa shape index (κ2) is 5.41. The van der Waals surface area contributed by atoms with E-state index in [9.17, 15) is 0 Å². The lowest BCUT2D eigenvalue weighted by Gasteiger charge is -2.33. The molecule has 0 spiro atoms. The van der Waals surface area contributed by atoms with Crippen LogP contribution in [0, 0.1) is 5.92 Å². The molecule has 1 saturated heterocycles. The largest absolute Gasteiger partial charge is 0.399 e. The average molecular weight is 233 g/mol. The molecule has 1 atom stereocenters. The maximum absolute atomic E-state index is 5.82. The minimum Gasteiger partial charge on any atom is -0.399 e. The van der Waals surface area contributed by atoms with Crippen LogP contribution in [0.15, 0.2) is 24.3 Å². The third kappa shape index (κ3) is 3.37. The molecule has 0 aliphatic carbocycles. The zero-order chi connectivity index (χ0) is 12.3. The Kier molecular flexibility index (Phi) is 3.89. The normalized spacial score (nSPS) is 21.4. The Balaban J connectivity index is 1.94. The first kappa shape index (κ1) is 12.2. The van der Waals surface area contributed by atoms with E-state index in [-0.39, 0.29) is 0 Å². The molecular formula is C14H23N3. The van der Waals surface area contributed by atoms with E-state index in [0.29, 0.717) is 0 Å². The van der Waals surface area contributed by atoms with Crippen molar-refractivity contribution >= 4 is 11.4 Å². The third-order valence-electron chi connectivity index (χ3n) is 3.57. The van der Waals surface area contributed by atoms with Crippen molar-refractivity contribution in [2.75, 3.05) is 44.4 Å². The molecule has 2 N–H and O–H groups in total. The van der Waals surface area contributed by atoms with Gasteiger partial charge in [-0.2, -0.15) is 0 Å². The molecule has 94 valence electrons. The summed E-state index contributed by atoms with van der Waals surface area (Å²) in [6.07, 6.45) is 2.67. The maximum Gasteiger partial charge on any atom is 0.0384 e. The summed E-state index contributed by atoms with van der Waals surface area (Å²) < 4.78 is 0. The van der Waals surface area contributed by atoms with E-state index in [2.05, 4.69) is 30.0 Å². The molecule has 0 saturated carbocycles. The van der Waals surface area contributed by atoms with Crippen LogP contribution in [0.2, 0.25) is 0 Å². The number of hydrogen-bond acceptors (Lipinski definition) is 3. The van der Waals surface area contributed by atoms with Crippen LogP contribution in [0.25, 0.3) is 0 Å². The standard InChI is InChI=1S/C14H23N3/c1-16-8-4-5-12(10-16)11-17(2)14-7-3-6-13(15)9-14/h3,6-7,9,12H,4-5,8,10-11,15H2,1-2H3. The van der Waals surface area contributed by atoms with Crippen molar-refractivity contribution in [1.82, 2.24) is 4.90 Å². The second-order valence-corrected chi connectivity index (χ2v) is 5.25. The van der Waals surface area contributed by atoms with E-state index in [1.807, 2.05) is 18.2 Å². The number of nitrogen functional groups attached to an aromatic ring is 1. The number of nitrogens with zero attached hydrogens (tertiary/aromatic N) is 2. The van der Waals surface area contributed by atoms with Crippen molar-refractivity contribution in [3.8, 4) is 0 Å². The quantitative estimate of drug-likeness (QED) is 0.811. The number of nitrogens with two attached hydrogens (primary N) is 1. The molecule has 0 amide bonds. The molecule has 1 heterocycles. The zero-order valence-electron chi connectivity index (χ0n) is 10.9. The highest BCUT2D eigenvalue weighted by molar-refractivity contribution is 5.55. The van der Waals surface area contributed by atoms with Crippen molar-refractivity contribution < 1.29 is 0 Å². The number of rotatable bonds is 3. The molecule has 2 rings (SSSR count). The minimum absolute atomic E-state index is 0.778. The van der Waals surface area contributed by atoms with Crippen LogP contribution in [0.3, 0.4) is 0 Å². The summed E-state index contributed by atoms with van der Waals surface area (Å²) in [4.78, 5) is 4.75. The van der Waals surface area contributed by atoms with E-state index in [1.165, 1.54) is 31.6 Å². The minimum atomic E-state index is 0.778. The summed E-state index contributed by atoms with van der Waals surface area (Å²) in [6, 6.07) is 8.13. The molecule has 3 nitrogen and oxygen atoms in total. The number of anilines is 2. The van der Waals surface area contributed by atoms with Gasteiger partial charge in [-0.3, -0.25) is 0 Å². The van der Waals surface area contributed by atoms with Crippen molar-refractivity contribution in [2.24, 2.45) is 5.92 Å². The van der Waals surface area contributed by atoms with Crippen LogP contribution in [-0.4, -0.2) is 38.6 Å². The highest BCUT2D eigenvalue weighted by Crippen LogP contribution is 2.21. The molecule has 0 radical (unpaired) electrons. The van der Waals surface area contributed by atoms with Crippen molar-refractivity contribution in [1.29, 1.82) is 0 Å². The Hall–Kier alpha value is -1.22. The fourth-order valence-corrected chi connectivity index (χ4v) is 2.68. The predicted molar refractivity (Wildman–Crippen MR) is 74.3 cm³/mol. The Morgan fingerprint density at radius 2 is 2.29 bits per heavy atom. The van der Waals surface area contributed by atoms with Gasteiger partial charge in [0.05, 0.1) is 0 Å². The van der Waals surface area contributed by atoms with Gasteiger partial charge in [0.25, 0.3) is 0 Å². The summed E-state index contributed by atoms with van der Waals surface area (Å²) in [6.45, 7) is 3.58. The second-order valence-electron chi connectivity index (χ2n) is 5.25. The van der Waals surface area contributed by atoms with E-state index in [1.54, 1.807) is 0 Å². The monoisotopic (exact) mass is 233 g/mol. The Morgan fingerprint density at radius 3 is 3.00 bits per heavy atom. The topological polar surface area (TPSA) is 32.5 Å². The molecular weight excluding hydrogens is 210 g/mol. The number of likely N-dealkylation sites (tertiary alicyclic amines) is 1. The van der Waals surface area contributed by atoms with Gasteiger partial charge in [0.15, 0.2) is 0 Å². The Morgan fingerprint density at radius 1 is 1.47 bits per heavy atom. The maximum atomic E-state index is 5.82. The van der Waals surface area contributed by atoms with Gasteiger partial charge in [-0.05, 0) is 50.6 Å². The van der Waals surface area contributed by atoms with E-state index < -0.39 is 0 Å². The van der Waals surface area contributed by atoms with Crippen molar-refractivity contribution in [2.45, 2.75) is 12.8 Å². The van der Waals surface area contributed by atoms with Crippen LogP contribution >= 0.6 is 0 Å². The van der Waals surface area contributed by atoms with Gasteiger partial charge in [0.2, 0.25) is 0 Å². The highest BCUT2D eigenvalue weighted by atomic mass is 15.1. The Bertz CT molecular complexity index is 364. The summed E-state index contributed by atoms with van der Waals surface area (Å²) in [5.74, 6) is 0.778. The van der Waals surface area contributed by atoms with Crippen LogP contribution in [0.4, 0.5) is 11.4 Å². The fourth-order valence-electron chi connectivity index (χ4n) is 2.68. The SMILES string of the molecule is CN1CCCC(CN(C)c2cccc(N)c2)C1. The molecule has 1 aliphatic rings. The molecule has 1 aromatic rings. The lowest BCUT2D eigenvalue weighted by atomic mass is 9.98. The van der Waals surface area contributed by atoms with Crippen LogP contribution < -0.4 is 10.6 Å². The molecule has 0 bridgehead atoms. The van der Waals surface area contributed by atoms with Gasteiger partial charge in [-0.1, -0.05) is 6.07 Å². The van der Waals surface area contributed by atoms with E-state index >= 15 is 0 Å². The fraction of sp³-hybridized carbons (Fsp3) is 0.571. The van der Waals surface area contributed by atoms with Gasteiger partial charge in [-0.15, -0.1) is 0 Å². The lowest BCUT2D eigenvalue weighted by molar-refractivity contribution is 0.213. The Labute approximate surface area is 104 Å². The van der Waals surface area contributed by atoms with Crippen LogP contribution in [0.5, 0.6) is 0 Å². The summed E-state index contributed by atoms with van der Waals surface area (Å²) in [5.41, 5.74) is 7.88. The van der Waals surface area contributed by atoms with Crippen molar-refractivity contribution in [3.05, 3.63) is 24.3 Å². The zero-order valence-corrected chi connectivity index (χ0v) is 10.9. The van der Waals surface area contributed by atoms with Crippen LogP contribution in [-0.2, 0) is 0 Å². The molecule has 1 aliphatic heterocycles. The molecule has 1 fully saturated rings. The average Bonchev–Trinajstić information content (AvgIpc) is 2.29. The number of benzene rings is 1. The van der Waals surface area contributed by atoms with Gasteiger partial charge in [0.1, 0.15) is 0 Å². The number of hydrogen-bond donors (Lipinski definition) is 1. The first-order valence-electron chi connectivity index (χ1n) is 6.40. The molecule has 17 heavy (non-hydrogen) atoms. The lowest BCUT2D eigenvalue weighted by Crippen LogP contribution is -2.38. The van der Waals surface area contributed by atoms with E-state index in [0.717, 1.165) is 18.2 Å². The first-order valence-corrected chi connectivity index (χ1v) is 6.40. The third-order valence-corrected chi connectivity index (χ3v) is 3.57. The summed E-state index contributed by atoms with van der Waals surface area (Å²) >= 11 is 0. The van der Waals surface area contributed by atoms with Crippen LogP contribution in [0.1, 0.15) is 12.8 Å². The molecule has 1 aromatic carbocycles. The smallest absolute Gasteiger partial charge is 0.0384 e. The van der Waals surface area contributed by atoms with Crippen molar-refractivity contribution in [3.63, 3.8) is 0 Å². The molecule has 1 unspecified atom stereocenters. The highest BCUT2D eigenvalue weighted by Gasteiger charge is 2.18. The molecule has 0 aromatic heterocycles. The first-order chi connectivity index (χ1) is 8.15. The van der Waals surface area contributed by atoms with Gasteiger partial charge in [-0.25, -0.2) is 0 Å². The number of piperidine rings is 1.